The number of methoxy groups -OCH3 is 2. The Morgan fingerprint density at radius 3 is 1.38 bits per heavy atom. The minimum Gasteiger partial charge on any atom is -0.497 e. The second-order valence-electron chi connectivity index (χ2n) is 36.3. The number of Topliss-reactive ketones (excluding diaryl/α,β-unsaturated/α-hetero) is 1. The first-order valence-corrected chi connectivity index (χ1v) is 43.1. The number of fused-ring (bicyclic) bond motifs is 10. The summed E-state index contributed by atoms with van der Waals surface area (Å²) in [6, 6.07) is 8.50. The van der Waals surface area contributed by atoms with Gasteiger partial charge in [0.15, 0.2) is 5.78 Å². The third kappa shape index (κ3) is 20.0. The number of aromatic nitrogens is 4. The Bertz CT molecular complexity index is 4680. The molecular weight excluding hydrogens is 1590 g/mol. The van der Waals surface area contributed by atoms with Gasteiger partial charge in [0.2, 0.25) is 62.4 Å². The lowest BCUT2D eigenvalue weighted by atomic mass is 9.77. The lowest BCUT2D eigenvalue weighted by Crippen LogP contribution is -2.50. The van der Waals surface area contributed by atoms with Crippen molar-refractivity contribution in [3.63, 3.8) is 0 Å². The van der Waals surface area contributed by atoms with Gasteiger partial charge in [-0.25, -0.2) is 59.1 Å². The van der Waals surface area contributed by atoms with Crippen LogP contribution in [0.25, 0.3) is 22.1 Å². The van der Waals surface area contributed by atoms with Crippen LogP contribution in [0.15, 0.2) is 36.4 Å². The van der Waals surface area contributed by atoms with Gasteiger partial charge in [0, 0.05) is 42.2 Å². The maximum atomic E-state index is 14.8. The number of benzene rings is 2. The van der Waals surface area contributed by atoms with Crippen LogP contribution in [0.3, 0.4) is 0 Å². The summed E-state index contributed by atoms with van der Waals surface area (Å²) in [6.07, 6.45) is 2.75. The monoisotopic (exact) mass is 1700 g/mol. The Labute approximate surface area is 687 Å². The van der Waals surface area contributed by atoms with Gasteiger partial charge >= 0.3 is 17.9 Å². The molecule has 6 aliphatic carbocycles. The molecule has 2 saturated heterocycles. The van der Waals surface area contributed by atoms with E-state index in [1.54, 1.807) is 46.3 Å². The number of ketones is 1. The number of nitrogens with two attached hydrogens (primary N) is 1. The topological polar surface area (TPSA) is 389 Å². The van der Waals surface area contributed by atoms with Crippen molar-refractivity contribution in [3.05, 3.63) is 47.8 Å². The van der Waals surface area contributed by atoms with Crippen LogP contribution in [0.4, 0.5) is 17.6 Å². The summed E-state index contributed by atoms with van der Waals surface area (Å²) in [5.41, 5.74) is 4.22. The molecule has 14 rings (SSSR count). The molecule has 6 heterocycles. The average Bonchev–Trinajstić information content (AvgIpc) is 1.56. The highest BCUT2D eigenvalue weighted by Crippen LogP contribution is 2.60. The molecule has 6 saturated carbocycles. The van der Waals surface area contributed by atoms with Crippen LogP contribution in [0.2, 0.25) is 0 Å². The molecular formula is C82H114ClF4N9O19S2. The third-order valence-electron chi connectivity index (χ3n) is 25.6. The second-order valence-corrected chi connectivity index (χ2v) is 40.7. The van der Waals surface area contributed by atoms with Gasteiger partial charge in [-0.15, -0.1) is 12.4 Å². The van der Waals surface area contributed by atoms with Gasteiger partial charge in [-0.3, -0.25) is 43.0 Å². The zero-order valence-corrected chi connectivity index (χ0v) is 70.2. The van der Waals surface area contributed by atoms with Crippen LogP contribution in [-0.2, 0) is 80.7 Å². The molecule has 4 bridgehead atoms. The van der Waals surface area contributed by atoms with E-state index in [0.717, 1.165) is 75.4 Å². The number of nitrogens with one attached hydrogen (secondary N) is 2. The minimum atomic E-state index is -4.19. The fraction of sp³-hybridized carbons (Fsp3) is 0.707. The van der Waals surface area contributed by atoms with Crippen LogP contribution in [0, 0.1) is 63.6 Å². The molecule has 16 atom stereocenters. The number of carbonyl (C=O) groups is 8. The number of amides is 4. The largest absolute Gasteiger partial charge is 0.497 e. The average molecular weight is 1710 g/mol. The highest BCUT2D eigenvalue weighted by Gasteiger charge is 2.68. The van der Waals surface area contributed by atoms with E-state index in [0.29, 0.717) is 84.1 Å². The number of aliphatic carboxylic acids is 1. The van der Waals surface area contributed by atoms with E-state index in [1.807, 2.05) is 69.2 Å². The van der Waals surface area contributed by atoms with Crippen LogP contribution in [-0.4, -0.2) is 191 Å². The summed E-state index contributed by atoms with van der Waals surface area (Å²) in [4.78, 5) is 130. The van der Waals surface area contributed by atoms with Gasteiger partial charge in [0.25, 0.3) is 5.91 Å². The summed E-state index contributed by atoms with van der Waals surface area (Å²) in [5.74, 6) is -9.02. The highest BCUT2D eigenvalue weighted by molar-refractivity contribution is 7.92. The number of halogens is 5. The second kappa shape index (κ2) is 34.7. The van der Waals surface area contributed by atoms with E-state index >= 15 is 0 Å². The van der Waals surface area contributed by atoms with Gasteiger partial charge in [-0.2, -0.15) is 0 Å². The lowest BCUT2D eigenvalue weighted by Gasteiger charge is -2.35. The number of alkyl halides is 4. The summed E-state index contributed by atoms with van der Waals surface area (Å²) in [6.45, 7) is 17.6. The number of hydrogen-bond acceptors (Lipinski definition) is 23. The van der Waals surface area contributed by atoms with Gasteiger partial charge in [0.05, 0.1) is 95.0 Å². The normalized spacial score (nSPS) is 30.7. The zero-order valence-electron chi connectivity index (χ0n) is 67.8. The lowest BCUT2D eigenvalue weighted by molar-refractivity contribution is -0.157. The van der Waals surface area contributed by atoms with Crippen LogP contribution in [0.5, 0.6) is 23.3 Å². The molecule has 117 heavy (non-hydrogen) atoms. The number of nitrogens with zero attached hydrogens (tertiary/aromatic N) is 6. The van der Waals surface area contributed by atoms with E-state index < -0.39 is 172 Å². The molecule has 28 nitrogen and oxygen atoms in total. The maximum absolute atomic E-state index is 14.8. The zero-order chi connectivity index (χ0) is 83.8. The van der Waals surface area contributed by atoms with E-state index in [1.165, 1.54) is 23.6 Å². The predicted octanol–water partition coefficient (Wildman–Crippen LogP) is 11.0. The molecule has 0 spiro atoms. The number of carboxylic acids is 1. The smallest absolute Gasteiger partial charge is 0.326 e. The third-order valence-corrected chi connectivity index (χ3v) is 29.9. The van der Waals surface area contributed by atoms with E-state index in [2.05, 4.69) is 0 Å². The molecule has 648 valence electrons. The Kier molecular flexibility index (Phi) is 27.1. The molecule has 35 heteroatoms. The maximum Gasteiger partial charge on any atom is 0.326 e. The number of aryl methyl sites for hydroxylation is 2. The van der Waals surface area contributed by atoms with Crippen molar-refractivity contribution in [2.24, 2.45) is 69.3 Å². The number of esters is 2. The van der Waals surface area contributed by atoms with Crippen LogP contribution in [0.1, 0.15) is 210 Å². The molecule has 8 fully saturated rings. The molecule has 0 unspecified atom stereocenters. The van der Waals surface area contributed by atoms with E-state index in [4.69, 9.17) is 54.1 Å². The van der Waals surface area contributed by atoms with Crippen LogP contribution >= 0.6 is 12.4 Å². The first-order chi connectivity index (χ1) is 53.8. The highest BCUT2D eigenvalue weighted by atomic mass is 35.5. The minimum absolute atomic E-state index is 0. The summed E-state index contributed by atoms with van der Waals surface area (Å²) < 4.78 is 140. The Morgan fingerprint density at radius 1 is 0.590 bits per heavy atom. The number of hydrogen-bond donors (Lipinski definition) is 4. The van der Waals surface area contributed by atoms with Gasteiger partial charge in [-0.1, -0.05) is 88.5 Å². The molecule has 4 aromatic rings. The van der Waals surface area contributed by atoms with Crippen molar-refractivity contribution in [1.82, 2.24) is 39.2 Å². The van der Waals surface area contributed by atoms with Crippen molar-refractivity contribution >= 4 is 102 Å². The fourth-order valence-electron chi connectivity index (χ4n) is 16.5. The SMILES string of the molecule is C.CC1(S(=O)(=O)NC(=O)[C@@]2(N)C[C@H]2C(F)F)CC1.COc1ccc2nc3c(nc2c1)O[C@H]1CN(C(=O)[C@H](C(C)(C)C)CC(=O)O[C@@H]2C[C@H]2CCCCC3)[C@H](C(=O)C[C@]2(C(=O)NS(=O)(=O)C3(C)CC3)C[C@H]2C(F)F)[C@@H]1C.COc1ccc2nc3c(nc2c1)O[C@H]1CN(C(=O)[C@H](C(C)(C)C)CC(=O)O[C@@H]2C[C@H]2CCCCC3)[C@H](C(=O)O)[C@@H]1C.Cl. The van der Waals surface area contributed by atoms with Crippen molar-refractivity contribution in [2.45, 2.75) is 276 Å². The molecule has 4 amide bonds. The standard InChI is InChI=1S/C41H54F2N4O9S.C31H41N3O7.C9H14F2N2O3S.CH4.ClH/c1-22-32-21-47(34(22)30(48)20-41(19-26(41)35(42)43)38(51)46-57(52,53)40(5)14-15-40)37(50)25(39(2,3)4)18-33(49)55-31-16-23(31)10-8-7-9-11-28-36(56-32)45-29-17-24(54-6)12-13-27(29)44-28;1-17-25-16-34(27(17)30(37)38)29(36)20(31(2,3)4)15-26(35)40-24-13-18(24)9-7-6-8-10-22-28(41-25)33-23-14-19(39-5)11-12-21(23)32-22;1-8(2-3-8)17(15,16)13-7(14)9(12)4-5(9)6(10)11;;/h12-13,17,22-23,25-26,31-32,34-35H,7-11,14-16,18-21H2,1-6H3,(H,46,51);11-12,14,17-18,20,24-25,27H,6-10,13,15-16H2,1-5H3,(H,37,38);5-6H,2-4,12H2,1H3,(H,13,14);1H4;1H/t22-,23-,25-,26+,31-,32+,34+,41-;17-,18-,20-,24-,25+,27+;5-,9+;;/m110../s1. The van der Waals surface area contributed by atoms with Crippen molar-refractivity contribution in [2.75, 3.05) is 27.3 Å². The molecule has 2 aromatic carbocycles. The number of ether oxygens (including phenoxy) is 6. The van der Waals surface area contributed by atoms with Crippen LogP contribution < -0.4 is 34.1 Å². The number of carbonyl (C=O) groups excluding carboxylic acids is 7. The van der Waals surface area contributed by atoms with Crippen molar-refractivity contribution in [1.29, 1.82) is 0 Å². The Balaban J connectivity index is 0.000000209. The van der Waals surface area contributed by atoms with E-state index in [-0.39, 0.29) is 88.5 Å². The van der Waals surface area contributed by atoms with Crippen molar-refractivity contribution in [3.8, 4) is 23.3 Å². The van der Waals surface area contributed by atoms with E-state index in [9.17, 15) is 77.9 Å². The Morgan fingerprint density at radius 2 is 1.00 bits per heavy atom. The fourth-order valence-corrected chi connectivity index (χ4v) is 19.2. The number of sulfonamides is 2. The predicted molar refractivity (Wildman–Crippen MR) is 424 cm³/mol. The molecule has 10 aliphatic rings. The summed E-state index contributed by atoms with van der Waals surface area (Å²) in [7, 11) is -4.86. The first kappa shape index (κ1) is 91.5. The molecule has 4 aliphatic heterocycles. The number of carboxylic acid groups (broad SMARTS) is 1. The van der Waals surface area contributed by atoms with Gasteiger partial charge < -0.3 is 49.1 Å². The first-order valence-electron chi connectivity index (χ1n) is 40.1. The van der Waals surface area contributed by atoms with Gasteiger partial charge in [0.1, 0.15) is 58.9 Å². The summed E-state index contributed by atoms with van der Waals surface area (Å²) in [5, 5.41) is 10.2. The van der Waals surface area contributed by atoms with Gasteiger partial charge in [-0.05, 0) is 151 Å². The number of rotatable bonds is 14. The molecule has 0 radical (unpaired) electrons. The Hall–Kier alpha value is -7.85. The van der Waals surface area contributed by atoms with Crippen molar-refractivity contribution < 1.29 is 106 Å². The summed E-state index contributed by atoms with van der Waals surface area (Å²) >= 11 is 0. The molecule has 5 N–H and O–H groups in total. The quantitative estimate of drug-likeness (QED) is 0.0673. The molecule has 2 aromatic heterocycles.